The van der Waals surface area contributed by atoms with Crippen molar-refractivity contribution in [2.45, 2.75) is 59.4 Å². The van der Waals surface area contributed by atoms with E-state index in [2.05, 4.69) is 5.32 Å². The fourth-order valence-electron chi connectivity index (χ4n) is 1.50. The summed E-state index contributed by atoms with van der Waals surface area (Å²) in [4.78, 5) is 23.2. The maximum absolute atomic E-state index is 11.7. The van der Waals surface area contributed by atoms with Crippen LogP contribution < -0.4 is 5.32 Å². The minimum absolute atomic E-state index is 0.364. The molecular weight excluding hydrogens is 258 g/mol. The zero-order chi connectivity index (χ0) is 15.5. The minimum Gasteiger partial charge on any atom is -0.467 e. The molecule has 0 saturated heterocycles. The van der Waals surface area contributed by atoms with Crippen LogP contribution in [0.2, 0.25) is 0 Å². The van der Waals surface area contributed by atoms with Crippen LogP contribution in [0.25, 0.3) is 0 Å². The summed E-state index contributed by atoms with van der Waals surface area (Å²) in [5, 5.41) is 2.56. The van der Waals surface area contributed by atoms with Gasteiger partial charge in [-0.1, -0.05) is 24.5 Å². The van der Waals surface area contributed by atoms with E-state index in [0.717, 1.165) is 19.3 Å². The molecule has 0 aliphatic carbocycles. The summed E-state index contributed by atoms with van der Waals surface area (Å²) in [6, 6.07) is -0.663. The Morgan fingerprint density at radius 2 is 1.85 bits per heavy atom. The number of alkyl carbamates (subject to hydrolysis) is 1. The molecule has 1 atom stereocenters. The summed E-state index contributed by atoms with van der Waals surface area (Å²) < 4.78 is 9.70. The van der Waals surface area contributed by atoms with Gasteiger partial charge in [-0.2, -0.15) is 0 Å². The van der Waals surface area contributed by atoms with Gasteiger partial charge in [0.25, 0.3) is 0 Å². The second-order valence-corrected chi connectivity index (χ2v) is 5.03. The van der Waals surface area contributed by atoms with Crippen LogP contribution in [0, 0.1) is 0 Å². The molecule has 5 heteroatoms. The number of carbonyl (C=O) groups is 2. The van der Waals surface area contributed by atoms with Crippen LogP contribution in [0.15, 0.2) is 11.1 Å². The number of nitrogens with one attached hydrogen (secondary N) is 1. The summed E-state index contributed by atoms with van der Waals surface area (Å²) in [7, 11) is 1.31. The molecule has 0 radical (unpaired) electrons. The monoisotopic (exact) mass is 285 g/mol. The maximum atomic E-state index is 11.7. The van der Waals surface area contributed by atoms with E-state index in [4.69, 9.17) is 9.47 Å². The van der Waals surface area contributed by atoms with Gasteiger partial charge in [-0.25, -0.2) is 9.59 Å². The quantitative estimate of drug-likeness (QED) is 0.422. The van der Waals surface area contributed by atoms with Crippen LogP contribution in [0.3, 0.4) is 0 Å². The van der Waals surface area contributed by atoms with Gasteiger partial charge in [0.2, 0.25) is 0 Å². The van der Waals surface area contributed by atoms with Gasteiger partial charge in [-0.15, -0.1) is 0 Å². The molecule has 0 bridgehead atoms. The van der Waals surface area contributed by atoms with Gasteiger partial charge in [0.05, 0.1) is 13.7 Å². The number of unbranched alkanes of at least 4 members (excludes halogenated alkanes) is 1. The number of amides is 1. The van der Waals surface area contributed by atoms with E-state index in [-0.39, 0.29) is 0 Å². The molecule has 1 unspecified atom stereocenters. The highest BCUT2D eigenvalue weighted by molar-refractivity contribution is 5.81. The summed E-state index contributed by atoms with van der Waals surface area (Å²) >= 11 is 0. The topological polar surface area (TPSA) is 64.6 Å². The fourth-order valence-corrected chi connectivity index (χ4v) is 1.50. The molecule has 0 rings (SSSR count). The largest absolute Gasteiger partial charge is 0.467 e. The lowest BCUT2D eigenvalue weighted by Gasteiger charge is -2.17. The normalized spacial score (nSPS) is 11.4. The zero-order valence-corrected chi connectivity index (χ0v) is 13.2. The average Bonchev–Trinajstić information content (AvgIpc) is 2.42. The number of rotatable bonds is 8. The van der Waals surface area contributed by atoms with Crippen molar-refractivity contribution in [3.63, 3.8) is 0 Å². The molecule has 20 heavy (non-hydrogen) atoms. The van der Waals surface area contributed by atoms with Crippen molar-refractivity contribution in [1.29, 1.82) is 0 Å². The summed E-state index contributed by atoms with van der Waals surface area (Å²) in [6.07, 6.45) is 2.44. The third kappa shape index (κ3) is 7.81. The van der Waals surface area contributed by atoms with E-state index >= 15 is 0 Å². The molecule has 0 saturated carbocycles. The molecule has 1 N–H and O–H groups in total. The van der Waals surface area contributed by atoms with E-state index < -0.39 is 18.1 Å². The molecule has 116 valence electrons. The molecular formula is C15H27NO4. The van der Waals surface area contributed by atoms with Gasteiger partial charge in [0.1, 0.15) is 6.04 Å². The van der Waals surface area contributed by atoms with Gasteiger partial charge in [-0.05, 0) is 40.0 Å². The Labute approximate surface area is 121 Å². The van der Waals surface area contributed by atoms with Crippen molar-refractivity contribution in [3.8, 4) is 0 Å². The lowest BCUT2D eigenvalue weighted by atomic mass is 10.0. The van der Waals surface area contributed by atoms with E-state index in [0.29, 0.717) is 13.0 Å². The Morgan fingerprint density at radius 1 is 1.20 bits per heavy atom. The third-order valence-corrected chi connectivity index (χ3v) is 3.17. The molecule has 0 aromatic heterocycles. The Hall–Kier alpha value is -1.52. The smallest absolute Gasteiger partial charge is 0.407 e. The van der Waals surface area contributed by atoms with E-state index in [1.165, 1.54) is 18.3 Å². The summed E-state index contributed by atoms with van der Waals surface area (Å²) in [5.74, 6) is -0.445. The number of hydrogen-bond donors (Lipinski definition) is 1. The predicted molar refractivity (Wildman–Crippen MR) is 78.5 cm³/mol. The molecule has 5 nitrogen and oxygen atoms in total. The first-order valence-corrected chi connectivity index (χ1v) is 7.06. The number of carbonyl (C=O) groups excluding carboxylic acids is 2. The van der Waals surface area contributed by atoms with Crippen LogP contribution in [0.5, 0.6) is 0 Å². The van der Waals surface area contributed by atoms with E-state index in [1.807, 2.05) is 27.7 Å². The van der Waals surface area contributed by atoms with Gasteiger partial charge in [0.15, 0.2) is 0 Å². The van der Waals surface area contributed by atoms with Gasteiger partial charge < -0.3 is 14.8 Å². The molecule has 0 aliphatic heterocycles. The number of esters is 1. The van der Waals surface area contributed by atoms with Crippen molar-refractivity contribution < 1.29 is 19.1 Å². The fraction of sp³-hybridized carbons (Fsp3) is 0.733. The van der Waals surface area contributed by atoms with E-state index in [1.54, 1.807) is 0 Å². The van der Waals surface area contributed by atoms with Crippen molar-refractivity contribution in [2.75, 3.05) is 13.7 Å². The molecule has 1 amide bonds. The first-order chi connectivity index (χ1) is 9.42. The van der Waals surface area contributed by atoms with Crippen LogP contribution in [-0.4, -0.2) is 31.8 Å². The van der Waals surface area contributed by atoms with Gasteiger partial charge in [-0.3, -0.25) is 0 Å². The second-order valence-electron chi connectivity index (χ2n) is 5.03. The highest BCUT2D eigenvalue weighted by atomic mass is 16.6. The predicted octanol–water partition coefficient (Wildman–Crippen LogP) is 3.19. The second kappa shape index (κ2) is 10.3. The van der Waals surface area contributed by atoms with Crippen molar-refractivity contribution in [3.05, 3.63) is 11.1 Å². The van der Waals surface area contributed by atoms with Gasteiger partial charge in [0, 0.05) is 0 Å². The molecule has 0 spiro atoms. The van der Waals surface area contributed by atoms with Crippen LogP contribution in [0.4, 0.5) is 4.79 Å². The van der Waals surface area contributed by atoms with Crippen molar-refractivity contribution in [1.82, 2.24) is 5.32 Å². The zero-order valence-electron chi connectivity index (χ0n) is 13.2. The molecule has 0 aromatic carbocycles. The summed E-state index contributed by atoms with van der Waals surface area (Å²) in [5.41, 5.74) is 2.43. The number of methoxy groups -OCH3 is 1. The SMILES string of the molecule is CCCCOC(=O)NC(CCC(C)=C(C)C)C(=O)OC. The highest BCUT2D eigenvalue weighted by Crippen LogP contribution is 2.12. The highest BCUT2D eigenvalue weighted by Gasteiger charge is 2.21. The van der Waals surface area contributed by atoms with Crippen LogP contribution in [-0.2, 0) is 14.3 Å². The van der Waals surface area contributed by atoms with Crippen LogP contribution >= 0.6 is 0 Å². The molecule has 0 aliphatic rings. The minimum atomic E-state index is -0.663. The maximum Gasteiger partial charge on any atom is 0.407 e. The summed E-state index contributed by atoms with van der Waals surface area (Å²) in [6.45, 7) is 8.44. The first kappa shape index (κ1) is 18.5. The van der Waals surface area contributed by atoms with E-state index in [9.17, 15) is 9.59 Å². The molecule has 0 aromatic rings. The third-order valence-electron chi connectivity index (χ3n) is 3.17. The average molecular weight is 285 g/mol. The van der Waals surface area contributed by atoms with Crippen molar-refractivity contribution in [2.24, 2.45) is 0 Å². The van der Waals surface area contributed by atoms with Crippen LogP contribution in [0.1, 0.15) is 53.4 Å². The lowest BCUT2D eigenvalue weighted by Crippen LogP contribution is -2.41. The Balaban J connectivity index is 4.39. The van der Waals surface area contributed by atoms with Crippen molar-refractivity contribution >= 4 is 12.1 Å². The van der Waals surface area contributed by atoms with Gasteiger partial charge >= 0.3 is 12.1 Å². The Morgan fingerprint density at radius 3 is 2.35 bits per heavy atom. The number of allylic oxidation sites excluding steroid dienone is 2. The molecule has 0 heterocycles. The lowest BCUT2D eigenvalue weighted by molar-refractivity contribution is -0.143. The molecule has 0 fully saturated rings. The number of hydrogen-bond acceptors (Lipinski definition) is 4. The Bertz CT molecular complexity index is 346. The standard InChI is InChI=1S/C15H27NO4/c1-6-7-10-20-15(18)16-13(14(17)19-5)9-8-12(4)11(2)3/h13H,6-10H2,1-5H3,(H,16,18). The first-order valence-electron chi connectivity index (χ1n) is 7.06. The Kier molecular flexibility index (Phi) is 9.51. The number of ether oxygens (including phenoxy) is 2.